The third-order valence-electron chi connectivity index (χ3n) is 8.35. The van der Waals surface area contributed by atoms with Crippen LogP contribution in [0.3, 0.4) is 0 Å². The van der Waals surface area contributed by atoms with E-state index in [0.29, 0.717) is 22.5 Å². The lowest BCUT2D eigenvalue weighted by atomic mass is 9.99. The number of carbonyl (C=O) groups excluding carboxylic acids is 4. The van der Waals surface area contributed by atoms with Crippen molar-refractivity contribution in [3.8, 4) is 0 Å². The molecule has 0 aliphatic carbocycles. The first kappa shape index (κ1) is 30.9. The fourth-order valence-electron chi connectivity index (χ4n) is 5.50. The number of aryl methyl sites for hydroxylation is 1. The Morgan fingerprint density at radius 1 is 0.911 bits per heavy atom. The summed E-state index contributed by atoms with van der Waals surface area (Å²) in [5.41, 5.74) is 3.59. The Morgan fingerprint density at radius 3 is 2.20 bits per heavy atom. The van der Waals surface area contributed by atoms with Gasteiger partial charge in [-0.15, -0.1) is 0 Å². The summed E-state index contributed by atoms with van der Waals surface area (Å²) in [6.45, 7) is 4.80. The molecule has 0 unspecified atom stereocenters. The molecule has 2 atom stereocenters. The lowest BCUT2D eigenvalue weighted by molar-refractivity contribution is -0.129. The predicted octanol–water partition coefficient (Wildman–Crippen LogP) is 5.03. The Kier molecular flexibility index (Phi) is 8.67. The first-order valence-electron chi connectivity index (χ1n) is 14.5. The molecule has 1 aliphatic heterocycles. The van der Waals surface area contributed by atoms with E-state index in [2.05, 4.69) is 5.32 Å². The molecule has 5 rings (SSSR count). The van der Waals surface area contributed by atoms with Gasteiger partial charge in [-0.25, -0.2) is 4.79 Å². The molecule has 230 valence electrons. The SMILES string of the molecule is CC(=O)c1ccc(C(=O)N2C[C@H](NC(=O)[C@@H](C)N(C)C(=O)O)C(=O)N(Cc3c(C)ccc4ccccc34)c3ccccc32)cc1. The van der Waals surface area contributed by atoms with Gasteiger partial charge in [0.2, 0.25) is 5.91 Å². The summed E-state index contributed by atoms with van der Waals surface area (Å²) in [6, 6.07) is 22.9. The average Bonchev–Trinajstić information content (AvgIpc) is 3.15. The van der Waals surface area contributed by atoms with Crippen LogP contribution in [-0.2, 0) is 16.1 Å². The number of carbonyl (C=O) groups is 5. The highest BCUT2D eigenvalue weighted by Gasteiger charge is 2.38. The highest BCUT2D eigenvalue weighted by molar-refractivity contribution is 6.13. The predicted molar refractivity (Wildman–Crippen MR) is 172 cm³/mol. The Balaban J connectivity index is 1.61. The van der Waals surface area contributed by atoms with Gasteiger partial charge in [-0.2, -0.15) is 0 Å². The molecule has 0 saturated carbocycles. The number of Topliss-reactive ketones (excluding diaryl/α,β-unsaturated/α-hetero) is 1. The molecule has 0 saturated heterocycles. The smallest absolute Gasteiger partial charge is 0.407 e. The molecule has 0 radical (unpaired) electrons. The number of fused-ring (bicyclic) bond motifs is 2. The highest BCUT2D eigenvalue weighted by Crippen LogP contribution is 2.36. The Labute approximate surface area is 260 Å². The van der Waals surface area contributed by atoms with Gasteiger partial charge < -0.3 is 20.2 Å². The molecule has 0 bridgehead atoms. The van der Waals surface area contributed by atoms with Crippen molar-refractivity contribution in [3.05, 3.63) is 107 Å². The molecule has 4 amide bonds. The molecule has 0 spiro atoms. The van der Waals surface area contributed by atoms with Crippen LogP contribution < -0.4 is 15.1 Å². The van der Waals surface area contributed by atoms with Crippen LogP contribution in [0.1, 0.15) is 45.7 Å². The number of para-hydroxylation sites is 2. The zero-order chi connectivity index (χ0) is 32.4. The van der Waals surface area contributed by atoms with Crippen LogP contribution in [0.25, 0.3) is 10.8 Å². The lowest BCUT2D eigenvalue weighted by Gasteiger charge is -2.28. The maximum Gasteiger partial charge on any atom is 0.407 e. The number of amides is 4. The Hall–Kier alpha value is -5.51. The minimum absolute atomic E-state index is 0.137. The number of anilines is 2. The Morgan fingerprint density at radius 2 is 1.53 bits per heavy atom. The number of carboxylic acid groups (broad SMARTS) is 1. The molecule has 0 aromatic heterocycles. The zero-order valence-corrected chi connectivity index (χ0v) is 25.5. The fourth-order valence-corrected chi connectivity index (χ4v) is 5.50. The molecule has 45 heavy (non-hydrogen) atoms. The number of ketones is 1. The molecular formula is C35H34N4O6. The molecular weight excluding hydrogens is 572 g/mol. The number of nitrogens with one attached hydrogen (secondary N) is 1. The van der Waals surface area contributed by atoms with E-state index in [1.807, 2.05) is 43.3 Å². The van der Waals surface area contributed by atoms with Crippen LogP contribution in [0.15, 0.2) is 84.9 Å². The number of benzene rings is 4. The van der Waals surface area contributed by atoms with E-state index in [1.165, 1.54) is 25.8 Å². The van der Waals surface area contributed by atoms with Crippen LogP contribution >= 0.6 is 0 Å². The third kappa shape index (κ3) is 6.12. The lowest BCUT2D eigenvalue weighted by Crippen LogP contribution is -2.56. The third-order valence-corrected chi connectivity index (χ3v) is 8.35. The van der Waals surface area contributed by atoms with E-state index in [0.717, 1.165) is 26.8 Å². The van der Waals surface area contributed by atoms with Gasteiger partial charge in [0.1, 0.15) is 12.1 Å². The average molecular weight is 607 g/mol. The van der Waals surface area contributed by atoms with Gasteiger partial charge in [-0.3, -0.25) is 24.1 Å². The van der Waals surface area contributed by atoms with Crippen molar-refractivity contribution in [2.24, 2.45) is 0 Å². The van der Waals surface area contributed by atoms with Crippen molar-refractivity contribution in [2.75, 3.05) is 23.4 Å². The van der Waals surface area contributed by atoms with Gasteiger partial charge in [0.25, 0.3) is 11.8 Å². The van der Waals surface area contributed by atoms with E-state index >= 15 is 0 Å². The van der Waals surface area contributed by atoms with E-state index in [-0.39, 0.29) is 18.9 Å². The van der Waals surface area contributed by atoms with Crippen LogP contribution in [-0.4, -0.2) is 65.3 Å². The quantitative estimate of drug-likeness (QED) is 0.284. The monoisotopic (exact) mass is 606 g/mol. The van der Waals surface area contributed by atoms with Gasteiger partial charge >= 0.3 is 6.09 Å². The number of hydrogen-bond acceptors (Lipinski definition) is 5. The molecule has 1 aliphatic rings. The summed E-state index contributed by atoms with van der Waals surface area (Å²) in [7, 11) is 1.27. The second-order valence-electron chi connectivity index (χ2n) is 11.2. The van der Waals surface area contributed by atoms with Gasteiger partial charge in [0, 0.05) is 18.2 Å². The molecule has 0 fully saturated rings. The number of nitrogens with zero attached hydrogens (tertiary/aromatic N) is 3. The van der Waals surface area contributed by atoms with Gasteiger partial charge in [-0.05, 0) is 66.9 Å². The minimum atomic E-state index is -1.30. The van der Waals surface area contributed by atoms with Crippen molar-refractivity contribution < 1.29 is 29.1 Å². The molecule has 10 nitrogen and oxygen atoms in total. The molecule has 1 heterocycles. The zero-order valence-electron chi connectivity index (χ0n) is 25.5. The maximum atomic E-state index is 14.5. The number of hydrogen-bond donors (Lipinski definition) is 2. The largest absolute Gasteiger partial charge is 0.465 e. The summed E-state index contributed by atoms with van der Waals surface area (Å²) < 4.78 is 0. The first-order chi connectivity index (χ1) is 21.5. The molecule has 4 aromatic carbocycles. The van der Waals surface area contributed by atoms with E-state index in [4.69, 9.17) is 0 Å². The van der Waals surface area contributed by atoms with Crippen LogP contribution in [0.4, 0.5) is 16.2 Å². The number of rotatable bonds is 7. The minimum Gasteiger partial charge on any atom is -0.465 e. The summed E-state index contributed by atoms with van der Waals surface area (Å²) in [6.07, 6.45) is -1.30. The first-order valence-corrected chi connectivity index (χ1v) is 14.5. The van der Waals surface area contributed by atoms with Crippen LogP contribution in [0.2, 0.25) is 0 Å². The summed E-state index contributed by atoms with van der Waals surface area (Å²) in [5, 5.41) is 14.1. The molecule has 10 heteroatoms. The van der Waals surface area contributed by atoms with Crippen LogP contribution in [0, 0.1) is 6.92 Å². The van der Waals surface area contributed by atoms with Crippen molar-refractivity contribution in [1.29, 1.82) is 0 Å². The molecule has 4 aromatic rings. The van der Waals surface area contributed by atoms with Crippen molar-refractivity contribution in [1.82, 2.24) is 10.2 Å². The van der Waals surface area contributed by atoms with Gasteiger partial charge in [0.15, 0.2) is 5.78 Å². The van der Waals surface area contributed by atoms with Crippen molar-refractivity contribution in [2.45, 2.75) is 39.4 Å². The normalized spacial score (nSPS) is 15.2. The van der Waals surface area contributed by atoms with Crippen molar-refractivity contribution >= 4 is 51.7 Å². The van der Waals surface area contributed by atoms with Gasteiger partial charge in [-0.1, -0.05) is 60.7 Å². The summed E-state index contributed by atoms with van der Waals surface area (Å²) in [4.78, 5) is 69.1. The summed E-state index contributed by atoms with van der Waals surface area (Å²) >= 11 is 0. The standard InChI is InChI=1S/C35H34N4O6/c1-21-13-14-25-9-5-6-10-27(25)28(21)19-38-30-11-7-8-12-31(30)39(33(42)26-17-15-24(16-18-26)23(3)40)20-29(34(38)43)36-32(41)22(2)37(4)35(44)45/h5-18,22,29H,19-20H2,1-4H3,(H,36,41)(H,44,45)/t22-,29+/m1/s1. The van der Waals surface area contributed by atoms with E-state index in [9.17, 15) is 29.1 Å². The van der Waals surface area contributed by atoms with E-state index in [1.54, 1.807) is 53.4 Å². The Bertz CT molecular complexity index is 1820. The highest BCUT2D eigenvalue weighted by atomic mass is 16.4. The second kappa shape index (κ2) is 12.6. The molecule has 2 N–H and O–H groups in total. The maximum absolute atomic E-state index is 14.5. The summed E-state index contributed by atoms with van der Waals surface area (Å²) in [5.74, 6) is -1.69. The number of likely N-dealkylation sites (N-methyl/N-ethyl adjacent to an activating group) is 1. The second-order valence-corrected chi connectivity index (χ2v) is 11.2. The van der Waals surface area contributed by atoms with Gasteiger partial charge in [0.05, 0.1) is 24.5 Å². The van der Waals surface area contributed by atoms with Crippen molar-refractivity contribution in [3.63, 3.8) is 0 Å². The topological polar surface area (TPSA) is 127 Å². The van der Waals surface area contributed by atoms with Crippen LogP contribution in [0.5, 0.6) is 0 Å². The van der Waals surface area contributed by atoms with E-state index < -0.39 is 35.9 Å². The fraction of sp³-hybridized carbons (Fsp3) is 0.229.